The third-order valence-electron chi connectivity index (χ3n) is 4.09. The second-order valence-corrected chi connectivity index (χ2v) is 6.87. The van der Waals surface area contributed by atoms with E-state index < -0.39 is 29.5 Å². The Kier molecular flexibility index (Phi) is 7.27. The molecule has 1 aliphatic heterocycles. The number of aromatic nitrogens is 1. The lowest BCUT2D eigenvalue weighted by molar-refractivity contribution is -0.145. The van der Waals surface area contributed by atoms with E-state index >= 15 is 0 Å². The number of amides is 1. The van der Waals surface area contributed by atoms with Crippen molar-refractivity contribution in [3.8, 4) is 0 Å². The summed E-state index contributed by atoms with van der Waals surface area (Å²) in [5.41, 5.74) is -0.855. The number of rotatable bonds is 7. The summed E-state index contributed by atoms with van der Waals surface area (Å²) in [4.78, 5) is 27.0. The van der Waals surface area contributed by atoms with Crippen LogP contribution in [0.4, 0.5) is 13.2 Å². The van der Waals surface area contributed by atoms with Crippen molar-refractivity contribution in [1.29, 1.82) is 0 Å². The summed E-state index contributed by atoms with van der Waals surface area (Å²) < 4.78 is 42.6. The summed E-state index contributed by atoms with van der Waals surface area (Å²) >= 11 is 0.986. The minimum absolute atomic E-state index is 0.0137. The predicted molar refractivity (Wildman–Crippen MR) is 87.6 cm³/mol. The van der Waals surface area contributed by atoms with E-state index in [9.17, 15) is 27.9 Å². The Morgan fingerprint density at radius 1 is 1.35 bits per heavy atom. The lowest BCUT2D eigenvalue weighted by atomic mass is 9.86. The highest BCUT2D eigenvalue weighted by Gasteiger charge is 2.31. The molecule has 1 amide bonds. The summed E-state index contributed by atoms with van der Waals surface area (Å²) in [7, 11) is 0. The SMILES string of the molecule is O=C(CSc1ccc(C(F)(F)F)cn1)NCC(C(=O)O)C1CCOCC1. The normalized spacial score (nSPS) is 16.9. The van der Waals surface area contributed by atoms with Crippen LogP contribution < -0.4 is 5.32 Å². The minimum atomic E-state index is -4.45. The number of ether oxygens (including phenoxy) is 1. The van der Waals surface area contributed by atoms with E-state index in [1.54, 1.807) is 0 Å². The monoisotopic (exact) mass is 392 g/mol. The van der Waals surface area contributed by atoms with Gasteiger partial charge in [-0.15, -0.1) is 0 Å². The number of hydrogen-bond donors (Lipinski definition) is 2. The summed E-state index contributed by atoms with van der Waals surface area (Å²) in [6, 6.07) is 2.10. The van der Waals surface area contributed by atoms with Crippen LogP contribution in [0.15, 0.2) is 23.4 Å². The van der Waals surface area contributed by atoms with Crippen LogP contribution in [-0.4, -0.2) is 47.5 Å². The van der Waals surface area contributed by atoms with Gasteiger partial charge in [0.2, 0.25) is 5.91 Å². The van der Waals surface area contributed by atoms with Crippen molar-refractivity contribution in [1.82, 2.24) is 10.3 Å². The lowest BCUT2D eigenvalue weighted by Gasteiger charge is -2.27. The summed E-state index contributed by atoms with van der Waals surface area (Å²) in [5.74, 6) is -2.15. The van der Waals surface area contributed by atoms with Gasteiger partial charge in [0.15, 0.2) is 0 Å². The van der Waals surface area contributed by atoms with Crippen LogP contribution in [0.2, 0.25) is 0 Å². The van der Waals surface area contributed by atoms with Crippen LogP contribution in [0.25, 0.3) is 0 Å². The Labute approximate surface area is 152 Å². The van der Waals surface area contributed by atoms with Gasteiger partial charge >= 0.3 is 12.1 Å². The largest absolute Gasteiger partial charge is 0.481 e. The van der Waals surface area contributed by atoms with Gasteiger partial charge < -0.3 is 15.2 Å². The zero-order chi connectivity index (χ0) is 19.2. The maximum Gasteiger partial charge on any atom is 0.417 e. The number of carbonyl (C=O) groups excluding carboxylic acids is 1. The molecule has 0 spiro atoms. The highest BCUT2D eigenvalue weighted by atomic mass is 32.2. The van der Waals surface area contributed by atoms with Gasteiger partial charge in [0.25, 0.3) is 0 Å². The summed E-state index contributed by atoms with van der Waals surface area (Å²) in [5, 5.41) is 12.2. The molecule has 10 heteroatoms. The van der Waals surface area contributed by atoms with Crippen molar-refractivity contribution < 1.29 is 32.6 Å². The molecule has 1 atom stereocenters. The third kappa shape index (κ3) is 6.17. The number of thioether (sulfide) groups is 1. The third-order valence-corrected chi connectivity index (χ3v) is 5.03. The fourth-order valence-electron chi connectivity index (χ4n) is 2.62. The van der Waals surface area contributed by atoms with E-state index in [0.717, 1.165) is 17.8 Å². The standard InChI is InChI=1S/C16H19F3N2O4S/c17-16(18,19)11-1-2-14(21-7-11)26-9-13(22)20-8-12(15(23)24)10-3-5-25-6-4-10/h1-2,7,10,12H,3-6,8-9H2,(H,20,22)(H,23,24). The number of alkyl halides is 3. The van der Waals surface area contributed by atoms with Crippen molar-refractivity contribution in [3.05, 3.63) is 23.9 Å². The summed E-state index contributed by atoms with van der Waals surface area (Å²) in [6.07, 6.45) is -2.47. The first kappa shape index (κ1) is 20.5. The Morgan fingerprint density at radius 2 is 2.04 bits per heavy atom. The van der Waals surface area contributed by atoms with E-state index in [-0.39, 0.29) is 23.2 Å². The molecular formula is C16H19F3N2O4S. The molecule has 0 aromatic carbocycles. The number of nitrogens with one attached hydrogen (secondary N) is 1. The van der Waals surface area contributed by atoms with E-state index in [4.69, 9.17) is 4.74 Å². The number of nitrogens with zero attached hydrogens (tertiary/aromatic N) is 1. The van der Waals surface area contributed by atoms with Crippen LogP contribution in [0, 0.1) is 11.8 Å². The maximum absolute atomic E-state index is 12.5. The number of aliphatic carboxylic acids is 1. The van der Waals surface area contributed by atoms with Crippen LogP contribution in [0.5, 0.6) is 0 Å². The van der Waals surface area contributed by atoms with Gasteiger partial charge in [-0.3, -0.25) is 9.59 Å². The first-order chi connectivity index (χ1) is 12.3. The Balaban J connectivity index is 1.79. The zero-order valence-corrected chi connectivity index (χ0v) is 14.6. The van der Waals surface area contributed by atoms with Crippen molar-refractivity contribution in [2.75, 3.05) is 25.5 Å². The molecule has 2 rings (SSSR count). The number of carbonyl (C=O) groups is 2. The van der Waals surface area contributed by atoms with Gasteiger partial charge in [0, 0.05) is 26.0 Å². The molecule has 1 saturated heterocycles. The summed E-state index contributed by atoms with van der Waals surface area (Å²) in [6.45, 7) is 1.04. The second-order valence-electron chi connectivity index (χ2n) is 5.87. The maximum atomic E-state index is 12.5. The van der Waals surface area contributed by atoms with Gasteiger partial charge in [0.1, 0.15) is 0 Å². The van der Waals surface area contributed by atoms with Crippen LogP contribution in [-0.2, 0) is 20.5 Å². The van der Waals surface area contributed by atoms with Crippen molar-refractivity contribution >= 4 is 23.6 Å². The molecule has 0 radical (unpaired) electrons. The highest BCUT2D eigenvalue weighted by molar-refractivity contribution is 7.99. The first-order valence-corrected chi connectivity index (χ1v) is 8.99. The molecule has 0 aliphatic carbocycles. The zero-order valence-electron chi connectivity index (χ0n) is 13.8. The number of carboxylic acids is 1. The van der Waals surface area contributed by atoms with E-state index in [1.807, 2.05) is 0 Å². The molecule has 1 fully saturated rings. The number of halogens is 3. The molecule has 26 heavy (non-hydrogen) atoms. The van der Waals surface area contributed by atoms with Crippen LogP contribution >= 0.6 is 11.8 Å². The predicted octanol–water partition coefficient (Wildman–Crippen LogP) is 2.44. The smallest absolute Gasteiger partial charge is 0.417 e. The Morgan fingerprint density at radius 3 is 2.58 bits per heavy atom. The molecule has 1 aromatic rings. The van der Waals surface area contributed by atoms with Crippen LogP contribution in [0.3, 0.4) is 0 Å². The Hall–Kier alpha value is -1.81. The number of hydrogen-bond acceptors (Lipinski definition) is 5. The average Bonchev–Trinajstić information content (AvgIpc) is 2.60. The lowest BCUT2D eigenvalue weighted by Crippen LogP contribution is -2.39. The molecule has 2 heterocycles. The van der Waals surface area contributed by atoms with Crippen molar-refractivity contribution in [2.45, 2.75) is 24.0 Å². The molecule has 1 aromatic heterocycles. The Bertz CT molecular complexity index is 619. The van der Waals surface area contributed by atoms with Gasteiger partial charge in [-0.25, -0.2) is 4.98 Å². The molecule has 1 unspecified atom stereocenters. The van der Waals surface area contributed by atoms with Gasteiger partial charge in [-0.05, 0) is 30.9 Å². The topological polar surface area (TPSA) is 88.5 Å². The molecule has 1 aliphatic rings. The number of pyridine rings is 1. The average molecular weight is 392 g/mol. The molecule has 0 bridgehead atoms. The molecule has 6 nitrogen and oxygen atoms in total. The van der Waals surface area contributed by atoms with Gasteiger partial charge in [-0.1, -0.05) is 11.8 Å². The quantitative estimate of drug-likeness (QED) is 0.693. The first-order valence-electron chi connectivity index (χ1n) is 8.00. The molecule has 2 N–H and O–H groups in total. The fraction of sp³-hybridized carbons (Fsp3) is 0.562. The van der Waals surface area contributed by atoms with E-state index in [2.05, 4.69) is 10.3 Å². The molecular weight excluding hydrogens is 373 g/mol. The van der Waals surface area contributed by atoms with Gasteiger partial charge in [0.05, 0.1) is 22.3 Å². The minimum Gasteiger partial charge on any atom is -0.481 e. The second kappa shape index (κ2) is 9.22. The molecule has 144 valence electrons. The van der Waals surface area contributed by atoms with Crippen LogP contribution in [0.1, 0.15) is 18.4 Å². The van der Waals surface area contributed by atoms with Gasteiger partial charge in [-0.2, -0.15) is 13.2 Å². The van der Waals surface area contributed by atoms with Crippen molar-refractivity contribution in [3.63, 3.8) is 0 Å². The molecule has 0 saturated carbocycles. The fourth-order valence-corrected chi connectivity index (χ4v) is 3.29. The van der Waals surface area contributed by atoms with E-state index in [0.29, 0.717) is 32.3 Å². The highest BCUT2D eigenvalue weighted by Crippen LogP contribution is 2.29. The van der Waals surface area contributed by atoms with E-state index in [1.165, 1.54) is 6.07 Å². The van der Waals surface area contributed by atoms with Crippen molar-refractivity contribution in [2.24, 2.45) is 11.8 Å². The number of carboxylic acid groups (broad SMARTS) is 1.